The second kappa shape index (κ2) is 7.51. The zero-order chi connectivity index (χ0) is 17.9. The molecule has 2 heterocycles. The summed E-state index contributed by atoms with van der Waals surface area (Å²) in [7, 11) is 0. The Labute approximate surface area is 146 Å². The summed E-state index contributed by atoms with van der Waals surface area (Å²) in [5.41, 5.74) is 1.53. The van der Waals surface area contributed by atoms with Gasteiger partial charge in [0.05, 0.1) is 17.3 Å². The maximum absolute atomic E-state index is 12.1. The largest absolute Gasteiger partial charge is 0.444 e. The second-order valence-corrected chi connectivity index (χ2v) is 7.11. The van der Waals surface area contributed by atoms with Gasteiger partial charge in [-0.05, 0) is 38.8 Å². The fourth-order valence-corrected chi connectivity index (χ4v) is 2.65. The fourth-order valence-electron chi connectivity index (χ4n) is 2.35. The van der Waals surface area contributed by atoms with Crippen LogP contribution in [0.4, 0.5) is 4.79 Å². The molecule has 1 aromatic heterocycles. The van der Waals surface area contributed by atoms with E-state index in [1.807, 2.05) is 26.8 Å². The third kappa shape index (κ3) is 4.69. The van der Waals surface area contributed by atoms with Gasteiger partial charge in [-0.25, -0.2) is 4.79 Å². The Morgan fingerprint density at radius 3 is 2.71 bits per heavy atom. The number of ether oxygens (including phenoxy) is 1. The van der Waals surface area contributed by atoms with Crippen molar-refractivity contribution in [3.63, 3.8) is 0 Å². The van der Waals surface area contributed by atoms with Crippen LogP contribution < -0.4 is 0 Å². The average Bonchev–Trinajstić information content (AvgIpc) is 2.52. The van der Waals surface area contributed by atoms with Crippen molar-refractivity contribution in [3.8, 4) is 0 Å². The minimum Gasteiger partial charge on any atom is -0.444 e. The number of aromatic nitrogens is 1. The van der Waals surface area contributed by atoms with E-state index in [9.17, 15) is 9.90 Å². The third-order valence-corrected chi connectivity index (χ3v) is 3.87. The van der Waals surface area contributed by atoms with Crippen LogP contribution in [0.25, 0.3) is 5.57 Å². The van der Waals surface area contributed by atoms with Crippen molar-refractivity contribution in [2.45, 2.75) is 38.9 Å². The highest BCUT2D eigenvalue weighted by atomic mass is 35.5. The summed E-state index contributed by atoms with van der Waals surface area (Å²) < 4.78 is 5.36. The summed E-state index contributed by atoms with van der Waals surface area (Å²) in [6, 6.07) is 1.60. The van der Waals surface area contributed by atoms with E-state index >= 15 is 0 Å². The Hall–Kier alpha value is -1.63. The van der Waals surface area contributed by atoms with Gasteiger partial charge in [0, 0.05) is 24.8 Å². The Morgan fingerprint density at radius 1 is 1.50 bits per heavy atom. The van der Waals surface area contributed by atoms with Gasteiger partial charge in [0.1, 0.15) is 11.7 Å². The molecule has 1 atom stereocenters. The Morgan fingerprint density at radius 2 is 2.21 bits per heavy atom. The van der Waals surface area contributed by atoms with Gasteiger partial charge in [0.2, 0.25) is 0 Å². The Kier molecular flexibility index (Phi) is 5.85. The summed E-state index contributed by atoms with van der Waals surface area (Å²) in [5, 5.41) is 19.0. The smallest absolute Gasteiger partial charge is 0.410 e. The number of aliphatic hydroxyl groups excluding tert-OH is 2. The normalized spacial score (nSPS) is 16.6. The minimum absolute atomic E-state index is 0.335. The van der Waals surface area contributed by atoms with Crippen LogP contribution in [0, 0.1) is 0 Å². The van der Waals surface area contributed by atoms with Crippen molar-refractivity contribution >= 4 is 23.3 Å². The molecule has 0 unspecified atom stereocenters. The highest BCUT2D eigenvalue weighted by Crippen LogP contribution is 2.29. The van der Waals surface area contributed by atoms with Gasteiger partial charge in [-0.15, -0.1) is 0 Å². The van der Waals surface area contributed by atoms with Crippen molar-refractivity contribution in [3.05, 3.63) is 34.6 Å². The van der Waals surface area contributed by atoms with Crippen molar-refractivity contribution in [1.82, 2.24) is 9.88 Å². The summed E-state index contributed by atoms with van der Waals surface area (Å²) >= 11 is 6.25. The fraction of sp³-hybridized carbons (Fsp3) is 0.529. The predicted octanol–water partition coefficient (Wildman–Crippen LogP) is 2.78. The molecule has 1 aromatic rings. The van der Waals surface area contributed by atoms with E-state index in [4.69, 9.17) is 21.4 Å². The van der Waals surface area contributed by atoms with Gasteiger partial charge in [0.15, 0.2) is 0 Å². The van der Waals surface area contributed by atoms with E-state index in [-0.39, 0.29) is 12.7 Å². The first kappa shape index (κ1) is 18.7. The number of hydrogen-bond acceptors (Lipinski definition) is 5. The van der Waals surface area contributed by atoms with E-state index in [0.29, 0.717) is 35.8 Å². The van der Waals surface area contributed by atoms with Crippen LogP contribution in [0.1, 0.15) is 44.6 Å². The maximum Gasteiger partial charge on any atom is 0.410 e. The first-order valence-corrected chi connectivity index (χ1v) is 8.21. The van der Waals surface area contributed by atoms with Crippen LogP contribution in [-0.2, 0) is 4.74 Å². The van der Waals surface area contributed by atoms with Crippen LogP contribution >= 0.6 is 11.6 Å². The topological polar surface area (TPSA) is 82.9 Å². The zero-order valence-electron chi connectivity index (χ0n) is 14.1. The molecule has 2 rings (SSSR count). The molecule has 0 aliphatic carbocycles. The van der Waals surface area contributed by atoms with Gasteiger partial charge < -0.3 is 19.8 Å². The number of pyridine rings is 1. The van der Waals surface area contributed by atoms with Gasteiger partial charge in [-0.2, -0.15) is 0 Å². The molecule has 7 heteroatoms. The maximum atomic E-state index is 12.1. The standard InChI is InChI=1S/C17H23ClN2O4/c1-17(2,3)24-16(23)20-6-4-11(5-7-20)15-13(18)8-12(9-19-15)14(22)10-21/h4,8-9,14,21-22H,5-7,10H2,1-3H3/t14-/m1/s1. The van der Waals surface area contributed by atoms with Gasteiger partial charge in [-0.1, -0.05) is 17.7 Å². The Bertz CT molecular complexity index is 640. The lowest BCUT2D eigenvalue weighted by Gasteiger charge is -2.29. The van der Waals surface area contributed by atoms with E-state index in [1.54, 1.807) is 11.0 Å². The SMILES string of the molecule is CC(C)(C)OC(=O)N1CC=C(c2ncc([C@H](O)CO)cc2Cl)CC1. The highest BCUT2D eigenvalue weighted by molar-refractivity contribution is 6.32. The van der Waals surface area contributed by atoms with E-state index in [0.717, 1.165) is 5.57 Å². The van der Waals surface area contributed by atoms with Crippen molar-refractivity contribution in [1.29, 1.82) is 0 Å². The van der Waals surface area contributed by atoms with Crippen LogP contribution in [-0.4, -0.2) is 51.5 Å². The zero-order valence-corrected chi connectivity index (χ0v) is 14.9. The lowest BCUT2D eigenvalue weighted by molar-refractivity contribution is 0.0270. The summed E-state index contributed by atoms with van der Waals surface area (Å²) in [6.45, 7) is 6.08. The molecule has 0 aromatic carbocycles. The molecule has 0 spiro atoms. The van der Waals surface area contributed by atoms with E-state index in [1.165, 1.54) is 6.20 Å². The van der Waals surface area contributed by atoms with Crippen molar-refractivity contribution in [2.75, 3.05) is 19.7 Å². The lowest BCUT2D eigenvalue weighted by Crippen LogP contribution is -2.39. The molecule has 1 amide bonds. The molecule has 0 radical (unpaired) electrons. The summed E-state index contributed by atoms with van der Waals surface area (Å²) in [6.07, 6.45) is 2.70. The molecule has 0 saturated carbocycles. The molecule has 2 N–H and O–H groups in total. The lowest BCUT2D eigenvalue weighted by atomic mass is 10.0. The van der Waals surface area contributed by atoms with Crippen molar-refractivity contribution in [2.24, 2.45) is 0 Å². The van der Waals surface area contributed by atoms with Gasteiger partial charge in [-0.3, -0.25) is 4.98 Å². The highest BCUT2D eigenvalue weighted by Gasteiger charge is 2.24. The molecule has 0 fully saturated rings. The number of halogens is 1. The molecular formula is C17H23ClN2O4. The Balaban J connectivity index is 2.09. The first-order valence-electron chi connectivity index (χ1n) is 7.83. The van der Waals surface area contributed by atoms with Gasteiger partial charge in [0.25, 0.3) is 0 Å². The van der Waals surface area contributed by atoms with Crippen LogP contribution in [0.3, 0.4) is 0 Å². The van der Waals surface area contributed by atoms with Crippen molar-refractivity contribution < 1.29 is 19.7 Å². The predicted molar refractivity (Wildman–Crippen MR) is 91.7 cm³/mol. The number of carbonyl (C=O) groups excluding carboxylic acids is 1. The number of hydrogen-bond donors (Lipinski definition) is 2. The average molecular weight is 355 g/mol. The number of nitrogens with zero attached hydrogens (tertiary/aromatic N) is 2. The van der Waals surface area contributed by atoms with Crippen LogP contribution in [0.15, 0.2) is 18.3 Å². The molecule has 132 valence electrons. The monoisotopic (exact) mass is 354 g/mol. The van der Waals surface area contributed by atoms with Crippen LogP contribution in [0.2, 0.25) is 5.02 Å². The first-order chi connectivity index (χ1) is 11.2. The molecule has 0 bridgehead atoms. The third-order valence-electron chi connectivity index (χ3n) is 3.59. The number of carbonyl (C=O) groups is 1. The quantitative estimate of drug-likeness (QED) is 0.872. The minimum atomic E-state index is -0.993. The van der Waals surface area contributed by atoms with E-state index < -0.39 is 11.7 Å². The molecule has 1 aliphatic rings. The molecular weight excluding hydrogens is 332 g/mol. The molecule has 6 nitrogen and oxygen atoms in total. The van der Waals surface area contributed by atoms with Crippen LogP contribution in [0.5, 0.6) is 0 Å². The summed E-state index contributed by atoms with van der Waals surface area (Å²) in [5.74, 6) is 0. The number of rotatable bonds is 3. The summed E-state index contributed by atoms with van der Waals surface area (Å²) in [4.78, 5) is 18.0. The second-order valence-electron chi connectivity index (χ2n) is 6.70. The molecule has 0 saturated heterocycles. The van der Waals surface area contributed by atoms with Gasteiger partial charge >= 0.3 is 6.09 Å². The van der Waals surface area contributed by atoms with E-state index in [2.05, 4.69) is 4.98 Å². The molecule has 1 aliphatic heterocycles. The number of aliphatic hydroxyl groups is 2. The number of amides is 1. The molecule has 24 heavy (non-hydrogen) atoms.